The highest BCUT2D eigenvalue weighted by atomic mass is 32.2. The quantitative estimate of drug-likeness (QED) is 0.736. The summed E-state index contributed by atoms with van der Waals surface area (Å²) in [5, 5.41) is 2.74. The van der Waals surface area contributed by atoms with Gasteiger partial charge in [0.15, 0.2) is 11.5 Å². The van der Waals surface area contributed by atoms with E-state index in [0.717, 1.165) is 11.8 Å². The summed E-state index contributed by atoms with van der Waals surface area (Å²) in [6, 6.07) is 9.27. The monoisotopic (exact) mass is 426 g/mol. The molecule has 1 aliphatic rings. The van der Waals surface area contributed by atoms with Crippen LogP contribution in [0.4, 0.5) is 14.5 Å². The van der Waals surface area contributed by atoms with Gasteiger partial charge in [0, 0.05) is 18.7 Å². The van der Waals surface area contributed by atoms with Crippen LogP contribution in [0.5, 0.6) is 11.5 Å². The summed E-state index contributed by atoms with van der Waals surface area (Å²) < 4.78 is 59.1. The molecule has 0 bridgehead atoms. The Kier molecular flexibility index (Phi) is 5.92. The van der Waals surface area contributed by atoms with E-state index >= 15 is 0 Å². The predicted molar refractivity (Wildman–Crippen MR) is 103 cm³/mol. The fourth-order valence-corrected chi connectivity index (χ4v) is 4.12. The molecule has 1 aliphatic heterocycles. The number of nitrogens with one attached hydrogen (secondary N) is 1. The second-order valence-electron chi connectivity index (χ2n) is 6.48. The molecule has 2 aromatic carbocycles. The lowest BCUT2D eigenvalue weighted by Gasteiger charge is -2.16. The second kappa shape index (κ2) is 8.24. The van der Waals surface area contributed by atoms with Gasteiger partial charge in [-0.05, 0) is 47.9 Å². The van der Waals surface area contributed by atoms with Crippen molar-refractivity contribution in [2.24, 2.45) is 0 Å². The number of hydrogen-bond donors (Lipinski definition) is 1. The standard InChI is InChI=1S/C19H20F2N2O5S/c1-27-17-9-12(3-6-16(17)28-19(20)21)11-22-18(24)14-4-5-15-13(10-14)7-8-23(15)29(2,25)26/h3-6,9-10,19H,7-8,11H2,1-2H3,(H,22,24). The third-order valence-electron chi connectivity index (χ3n) is 4.49. The zero-order valence-corrected chi connectivity index (χ0v) is 16.6. The molecule has 1 amide bonds. The first kappa shape index (κ1) is 20.8. The van der Waals surface area contributed by atoms with Crippen LogP contribution in [-0.2, 0) is 23.0 Å². The van der Waals surface area contributed by atoms with E-state index in [4.69, 9.17) is 4.74 Å². The number of fused-ring (bicyclic) bond motifs is 1. The maximum absolute atomic E-state index is 12.5. The molecule has 10 heteroatoms. The van der Waals surface area contributed by atoms with E-state index in [1.165, 1.54) is 23.5 Å². The minimum atomic E-state index is -3.35. The Morgan fingerprint density at radius 2 is 1.97 bits per heavy atom. The smallest absolute Gasteiger partial charge is 0.387 e. The van der Waals surface area contributed by atoms with Crippen LogP contribution in [0.1, 0.15) is 21.5 Å². The molecule has 0 saturated heterocycles. The number of amides is 1. The van der Waals surface area contributed by atoms with Crippen LogP contribution >= 0.6 is 0 Å². The summed E-state index contributed by atoms with van der Waals surface area (Å²) in [5.41, 5.74) is 2.42. The number of benzene rings is 2. The van der Waals surface area contributed by atoms with Crippen LogP contribution in [0, 0.1) is 0 Å². The Hall–Kier alpha value is -2.88. The highest BCUT2D eigenvalue weighted by Crippen LogP contribution is 2.31. The number of rotatable bonds is 7. The molecule has 0 atom stereocenters. The van der Waals surface area contributed by atoms with E-state index in [1.54, 1.807) is 24.3 Å². The Bertz CT molecular complexity index is 1030. The number of hydrogen-bond acceptors (Lipinski definition) is 5. The summed E-state index contributed by atoms with van der Waals surface area (Å²) >= 11 is 0. The van der Waals surface area contributed by atoms with Crippen LogP contribution in [0.2, 0.25) is 0 Å². The maximum atomic E-state index is 12.5. The lowest BCUT2D eigenvalue weighted by molar-refractivity contribution is -0.0512. The molecule has 2 aromatic rings. The normalized spacial score (nSPS) is 13.3. The van der Waals surface area contributed by atoms with Gasteiger partial charge in [-0.3, -0.25) is 9.10 Å². The Morgan fingerprint density at radius 1 is 1.21 bits per heavy atom. The average Bonchev–Trinajstić information content (AvgIpc) is 3.10. The van der Waals surface area contributed by atoms with Gasteiger partial charge in [0.05, 0.1) is 19.1 Å². The molecule has 156 valence electrons. The van der Waals surface area contributed by atoms with Crippen LogP contribution in [0.25, 0.3) is 0 Å². The van der Waals surface area contributed by atoms with Gasteiger partial charge in [-0.2, -0.15) is 8.78 Å². The van der Waals surface area contributed by atoms with Gasteiger partial charge in [-0.15, -0.1) is 0 Å². The Labute approximate surface area is 167 Å². The van der Waals surface area contributed by atoms with Crippen LogP contribution in [-0.4, -0.2) is 40.8 Å². The van der Waals surface area contributed by atoms with Crippen molar-refractivity contribution in [2.75, 3.05) is 24.2 Å². The number of halogens is 2. The second-order valence-corrected chi connectivity index (χ2v) is 8.38. The van der Waals surface area contributed by atoms with Gasteiger partial charge in [-0.1, -0.05) is 6.07 Å². The van der Waals surface area contributed by atoms with Crippen LogP contribution in [0.3, 0.4) is 0 Å². The molecular formula is C19H20F2N2O5S. The van der Waals surface area contributed by atoms with Gasteiger partial charge in [0.25, 0.3) is 5.91 Å². The van der Waals surface area contributed by atoms with E-state index in [-0.39, 0.29) is 24.0 Å². The van der Waals surface area contributed by atoms with Crippen LogP contribution in [0.15, 0.2) is 36.4 Å². The summed E-state index contributed by atoms with van der Waals surface area (Å²) in [4.78, 5) is 12.5. The maximum Gasteiger partial charge on any atom is 0.387 e. The highest BCUT2D eigenvalue weighted by molar-refractivity contribution is 7.92. The Balaban J connectivity index is 1.69. The first-order valence-electron chi connectivity index (χ1n) is 8.69. The zero-order valence-electron chi connectivity index (χ0n) is 15.8. The molecule has 0 aliphatic carbocycles. The van der Waals surface area contributed by atoms with Crippen molar-refractivity contribution in [1.82, 2.24) is 5.32 Å². The number of sulfonamides is 1. The summed E-state index contributed by atoms with van der Waals surface area (Å²) in [7, 11) is -2.02. The third-order valence-corrected chi connectivity index (χ3v) is 5.67. The van der Waals surface area contributed by atoms with Crippen molar-refractivity contribution in [2.45, 2.75) is 19.6 Å². The average molecular weight is 426 g/mol. The number of nitrogens with zero attached hydrogens (tertiary/aromatic N) is 1. The summed E-state index contributed by atoms with van der Waals surface area (Å²) in [6.07, 6.45) is 1.68. The molecule has 7 nitrogen and oxygen atoms in total. The summed E-state index contributed by atoms with van der Waals surface area (Å²) in [5.74, 6) is -0.292. The predicted octanol–water partition coefficient (Wildman–Crippen LogP) is 2.55. The molecular weight excluding hydrogens is 406 g/mol. The molecule has 3 rings (SSSR count). The fourth-order valence-electron chi connectivity index (χ4n) is 3.16. The van der Waals surface area contributed by atoms with Gasteiger partial charge in [0.1, 0.15) is 0 Å². The number of ether oxygens (including phenoxy) is 2. The number of methoxy groups -OCH3 is 1. The first-order chi connectivity index (χ1) is 13.7. The Morgan fingerprint density at radius 3 is 2.62 bits per heavy atom. The molecule has 0 radical (unpaired) electrons. The topological polar surface area (TPSA) is 84.9 Å². The van der Waals surface area contributed by atoms with E-state index in [9.17, 15) is 22.0 Å². The fraction of sp³-hybridized carbons (Fsp3) is 0.316. The number of alkyl halides is 2. The first-order valence-corrected chi connectivity index (χ1v) is 10.5. The molecule has 0 unspecified atom stereocenters. The highest BCUT2D eigenvalue weighted by Gasteiger charge is 2.26. The lowest BCUT2D eigenvalue weighted by atomic mass is 10.1. The van der Waals surface area contributed by atoms with E-state index < -0.39 is 16.6 Å². The van der Waals surface area contributed by atoms with Crippen LogP contribution < -0.4 is 19.1 Å². The number of carbonyl (C=O) groups is 1. The molecule has 0 spiro atoms. The molecule has 1 heterocycles. The number of anilines is 1. The molecule has 0 fully saturated rings. The van der Waals surface area contributed by atoms with Crippen molar-refractivity contribution in [3.63, 3.8) is 0 Å². The van der Waals surface area contributed by atoms with E-state index in [2.05, 4.69) is 10.1 Å². The van der Waals surface area contributed by atoms with Gasteiger partial charge in [0.2, 0.25) is 10.0 Å². The van der Waals surface area contributed by atoms with Gasteiger partial charge < -0.3 is 14.8 Å². The van der Waals surface area contributed by atoms with Crippen molar-refractivity contribution < 1.29 is 31.5 Å². The minimum absolute atomic E-state index is 0.0911. The number of carbonyl (C=O) groups excluding carboxylic acids is 1. The molecule has 29 heavy (non-hydrogen) atoms. The lowest BCUT2D eigenvalue weighted by Crippen LogP contribution is -2.27. The summed E-state index contributed by atoms with van der Waals surface area (Å²) in [6.45, 7) is -2.46. The van der Waals surface area contributed by atoms with Crippen molar-refractivity contribution in [1.29, 1.82) is 0 Å². The van der Waals surface area contributed by atoms with E-state index in [0.29, 0.717) is 29.8 Å². The van der Waals surface area contributed by atoms with Crippen molar-refractivity contribution >= 4 is 21.6 Å². The van der Waals surface area contributed by atoms with Gasteiger partial charge >= 0.3 is 6.61 Å². The minimum Gasteiger partial charge on any atom is -0.493 e. The van der Waals surface area contributed by atoms with Crippen molar-refractivity contribution in [3.05, 3.63) is 53.1 Å². The van der Waals surface area contributed by atoms with Crippen molar-refractivity contribution in [3.8, 4) is 11.5 Å². The van der Waals surface area contributed by atoms with E-state index in [1.807, 2.05) is 0 Å². The SMILES string of the molecule is COc1cc(CNC(=O)c2ccc3c(c2)CCN3S(C)(=O)=O)ccc1OC(F)F. The third kappa shape index (κ3) is 4.76. The zero-order chi connectivity index (χ0) is 21.2. The molecule has 0 aromatic heterocycles. The largest absolute Gasteiger partial charge is 0.493 e. The molecule has 0 saturated carbocycles. The van der Waals surface area contributed by atoms with Gasteiger partial charge in [-0.25, -0.2) is 8.42 Å². The molecule has 1 N–H and O–H groups in total.